The lowest BCUT2D eigenvalue weighted by Crippen LogP contribution is -2.36. The van der Waals surface area contributed by atoms with Crippen LogP contribution >= 0.6 is 0 Å². The van der Waals surface area contributed by atoms with Gasteiger partial charge in [-0.2, -0.15) is 9.97 Å². The number of hydrogen-bond donors (Lipinski definition) is 0. The molecule has 2 aliphatic rings. The first-order valence-electron chi connectivity index (χ1n) is 18.9. The Morgan fingerprint density at radius 3 is 1.09 bits per heavy atom. The Hall–Kier alpha value is -4.90. The first kappa shape index (κ1) is 40.8. The van der Waals surface area contributed by atoms with Gasteiger partial charge in [0.25, 0.3) is 0 Å². The molecule has 304 valence electrons. The molecule has 56 heavy (non-hydrogen) atoms. The van der Waals surface area contributed by atoms with Crippen LogP contribution in [0.25, 0.3) is 11.0 Å². The van der Waals surface area contributed by atoms with Crippen LogP contribution in [-0.4, -0.2) is 143 Å². The van der Waals surface area contributed by atoms with Gasteiger partial charge in [0.2, 0.25) is 11.9 Å². The van der Waals surface area contributed by atoms with Crippen LogP contribution in [0, 0.1) is 0 Å². The zero-order valence-corrected chi connectivity index (χ0v) is 34.1. The minimum absolute atomic E-state index is 0.490. The molecular weight excluding hydrogens is 720 g/mol. The molecule has 0 amide bonds. The number of aromatic nitrogens is 4. The number of fused-ring (bicyclic) bond motifs is 3. The quantitative estimate of drug-likeness (QED) is 0.129. The zero-order valence-electron chi connectivity index (χ0n) is 34.1. The van der Waals surface area contributed by atoms with E-state index >= 15 is 0 Å². The van der Waals surface area contributed by atoms with Gasteiger partial charge in [-0.05, 0) is 59.4 Å². The van der Waals surface area contributed by atoms with Gasteiger partial charge in [-0.15, -0.1) is 0 Å². The fourth-order valence-electron chi connectivity index (χ4n) is 7.24. The van der Waals surface area contributed by atoms with Crippen molar-refractivity contribution in [3.05, 3.63) is 46.5 Å². The molecule has 0 aliphatic carbocycles. The summed E-state index contributed by atoms with van der Waals surface area (Å²) in [6, 6.07) is 8.27. The highest BCUT2D eigenvalue weighted by Gasteiger charge is 2.30. The minimum Gasteiger partial charge on any atom is -0.493 e. The molecule has 4 heterocycles. The van der Waals surface area contributed by atoms with E-state index in [1.54, 1.807) is 56.9 Å². The fourth-order valence-corrected chi connectivity index (χ4v) is 7.24. The van der Waals surface area contributed by atoms with Crippen LogP contribution in [0.4, 0.5) is 23.5 Å². The summed E-state index contributed by atoms with van der Waals surface area (Å²) in [5, 5.41) is 0. The molecule has 0 saturated heterocycles. The molecule has 16 heteroatoms. The zero-order chi connectivity index (χ0) is 39.6. The van der Waals surface area contributed by atoms with E-state index < -0.39 is 0 Å². The summed E-state index contributed by atoms with van der Waals surface area (Å²) in [5.41, 5.74) is 6.00. The summed E-state index contributed by atoms with van der Waals surface area (Å²) in [6.07, 6.45) is 1.56. The maximum atomic E-state index is 5.71. The second-order valence-electron chi connectivity index (χ2n) is 13.6. The Labute approximate surface area is 329 Å². The van der Waals surface area contributed by atoms with Crippen LogP contribution < -0.4 is 38.5 Å². The van der Waals surface area contributed by atoms with Gasteiger partial charge in [-0.3, -0.25) is 0 Å². The monoisotopic (exact) mass is 776 g/mol. The molecule has 6 rings (SSSR count). The highest BCUT2D eigenvalue weighted by molar-refractivity contribution is 5.95. The van der Waals surface area contributed by atoms with Gasteiger partial charge in [0, 0.05) is 80.8 Å². The summed E-state index contributed by atoms with van der Waals surface area (Å²) in [6.45, 7) is 6.81. The average molecular weight is 777 g/mol. The van der Waals surface area contributed by atoms with Crippen molar-refractivity contribution >= 4 is 34.6 Å². The van der Waals surface area contributed by atoms with Crippen LogP contribution in [0.2, 0.25) is 0 Å². The number of ether oxygens (including phenoxy) is 8. The number of methoxy groups -OCH3 is 8. The van der Waals surface area contributed by atoms with Gasteiger partial charge in [-0.1, -0.05) is 0 Å². The first-order chi connectivity index (χ1) is 27.4. The molecule has 2 aliphatic heterocycles. The van der Waals surface area contributed by atoms with Gasteiger partial charge in [-0.25, -0.2) is 9.97 Å². The first-order valence-corrected chi connectivity index (χ1v) is 18.9. The van der Waals surface area contributed by atoms with E-state index in [1.165, 1.54) is 11.1 Å². The van der Waals surface area contributed by atoms with E-state index in [1.807, 2.05) is 0 Å². The predicted molar refractivity (Wildman–Crippen MR) is 216 cm³/mol. The minimum atomic E-state index is 0.490. The molecule has 2 aromatic carbocycles. The van der Waals surface area contributed by atoms with E-state index in [9.17, 15) is 0 Å². The molecule has 0 saturated carbocycles. The van der Waals surface area contributed by atoms with Crippen molar-refractivity contribution in [1.82, 2.24) is 19.9 Å². The van der Waals surface area contributed by atoms with Crippen molar-refractivity contribution in [3.8, 4) is 23.0 Å². The van der Waals surface area contributed by atoms with Crippen LogP contribution in [0.15, 0.2) is 24.3 Å². The summed E-state index contributed by atoms with van der Waals surface area (Å²) in [7, 11) is 13.4. The molecular formula is C40H56N8O8. The summed E-state index contributed by atoms with van der Waals surface area (Å²) < 4.78 is 44.8. The lowest BCUT2D eigenvalue weighted by Gasteiger charge is -2.34. The Morgan fingerprint density at radius 1 is 0.464 bits per heavy atom. The lowest BCUT2D eigenvalue weighted by molar-refractivity contribution is 0.189. The van der Waals surface area contributed by atoms with E-state index in [-0.39, 0.29) is 0 Å². The lowest BCUT2D eigenvalue weighted by atomic mass is 9.98. The smallest absolute Gasteiger partial charge is 0.228 e. The third kappa shape index (κ3) is 8.88. The number of anilines is 4. The third-order valence-corrected chi connectivity index (χ3v) is 10.3. The SMILES string of the molecule is COCCN(CCOC)c1nc(N2CCc3cc(OC)c(OC)cc3C2)c2nc(N(CCOC)CCOC)nc(N3CCc4cc(OC)c(OC)cc4C3)c2n1. The molecule has 0 N–H and O–H groups in total. The highest BCUT2D eigenvalue weighted by atomic mass is 16.5. The van der Waals surface area contributed by atoms with E-state index in [0.717, 1.165) is 47.1 Å². The number of nitrogens with zero attached hydrogens (tertiary/aromatic N) is 8. The highest BCUT2D eigenvalue weighted by Crippen LogP contribution is 2.40. The summed E-state index contributed by atoms with van der Waals surface area (Å²) in [5.74, 6) is 5.35. The second kappa shape index (κ2) is 19.3. The Kier molecular flexibility index (Phi) is 14.0. The predicted octanol–water partition coefficient (Wildman–Crippen LogP) is 3.78. The molecule has 0 bridgehead atoms. The van der Waals surface area contributed by atoms with Crippen LogP contribution in [-0.2, 0) is 44.9 Å². The van der Waals surface area contributed by atoms with Gasteiger partial charge in [0.15, 0.2) is 34.6 Å². The molecule has 0 atom stereocenters. The molecule has 2 aromatic heterocycles. The maximum absolute atomic E-state index is 5.71. The van der Waals surface area contributed by atoms with Crippen molar-refractivity contribution < 1.29 is 37.9 Å². The molecule has 0 fully saturated rings. The van der Waals surface area contributed by atoms with E-state index in [4.69, 9.17) is 57.8 Å². The third-order valence-electron chi connectivity index (χ3n) is 10.3. The topological polar surface area (TPSA) is 138 Å². The van der Waals surface area contributed by atoms with Crippen molar-refractivity contribution in [3.63, 3.8) is 0 Å². The number of hydrogen-bond acceptors (Lipinski definition) is 16. The van der Waals surface area contributed by atoms with Crippen molar-refractivity contribution in [2.45, 2.75) is 25.9 Å². The molecule has 4 aromatic rings. The Balaban J connectivity index is 1.57. The average Bonchev–Trinajstić information content (AvgIpc) is 3.24. The summed E-state index contributed by atoms with van der Waals surface area (Å²) >= 11 is 0. The van der Waals surface area contributed by atoms with Gasteiger partial charge in [0.05, 0.1) is 54.9 Å². The van der Waals surface area contributed by atoms with Gasteiger partial charge in [0.1, 0.15) is 11.0 Å². The molecule has 0 spiro atoms. The standard InChI is InChI=1S/C40H56N8O8/c1-49-17-13-45(14-18-50-2)39-41-35-36(37(43-39)47-11-9-27-21-31(53-5)33(55-7)23-29(27)25-47)42-40(46(15-19-51-3)16-20-52-4)44-38(35)48-12-10-28-22-32(54-6)34(56-8)24-30(28)26-48/h21-24H,9-20,25-26H2,1-8H3. The van der Waals surface area contributed by atoms with Gasteiger partial charge < -0.3 is 57.5 Å². The fraction of sp³-hybridized carbons (Fsp3) is 0.550. The van der Waals surface area contributed by atoms with Crippen molar-refractivity contribution in [2.24, 2.45) is 0 Å². The van der Waals surface area contributed by atoms with Crippen molar-refractivity contribution in [1.29, 1.82) is 0 Å². The van der Waals surface area contributed by atoms with E-state index in [2.05, 4.69) is 43.9 Å². The van der Waals surface area contributed by atoms with E-state index in [0.29, 0.717) is 113 Å². The normalized spacial score (nSPS) is 13.7. The van der Waals surface area contributed by atoms with Gasteiger partial charge >= 0.3 is 0 Å². The van der Waals surface area contributed by atoms with Crippen LogP contribution in [0.1, 0.15) is 22.3 Å². The van der Waals surface area contributed by atoms with Crippen molar-refractivity contribution in [2.75, 3.05) is 142 Å². The molecule has 0 radical (unpaired) electrons. The second-order valence-corrected chi connectivity index (χ2v) is 13.6. The van der Waals surface area contributed by atoms with Crippen LogP contribution in [0.5, 0.6) is 23.0 Å². The molecule has 0 unspecified atom stereocenters. The Bertz CT molecular complexity index is 1780. The summed E-state index contributed by atoms with van der Waals surface area (Å²) in [4.78, 5) is 30.1. The largest absolute Gasteiger partial charge is 0.493 e. The molecule has 16 nitrogen and oxygen atoms in total. The Morgan fingerprint density at radius 2 is 0.786 bits per heavy atom. The maximum Gasteiger partial charge on any atom is 0.228 e. The number of benzene rings is 2. The number of rotatable bonds is 20. The van der Waals surface area contributed by atoms with Crippen LogP contribution in [0.3, 0.4) is 0 Å².